The predicted octanol–water partition coefficient (Wildman–Crippen LogP) is 1.89. The van der Waals surface area contributed by atoms with Crippen LogP contribution >= 0.6 is 0 Å². The van der Waals surface area contributed by atoms with Crippen molar-refractivity contribution in [1.29, 1.82) is 0 Å². The minimum Gasteiger partial charge on any atom is -0.354 e. The fraction of sp³-hybridized carbons (Fsp3) is 0.688. The van der Waals surface area contributed by atoms with E-state index >= 15 is 0 Å². The van der Waals surface area contributed by atoms with E-state index < -0.39 is 0 Å². The lowest BCUT2D eigenvalue weighted by Gasteiger charge is -2.29. The number of likely N-dealkylation sites (tertiary alicyclic amines) is 1. The first-order chi connectivity index (χ1) is 9.56. The highest BCUT2D eigenvalue weighted by Gasteiger charge is 2.33. The van der Waals surface area contributed by atoms with Crippen molar-refractivity contribution in [1.82, 2.24) is 14.4 Å². The Morgan fingerprint density at radius 1 is 1.20 bits per heavy atom. The molecule has 1 aromatic heterocycles. The van der Waals surface area contributed by atoms with Gasteiger partial charge in [-0.2, -0.15) is 0 Å². The summed E-state index contributed by atoms with van der Waals surface area (Å²) in [6, 6.07) is 2.50. The molecule has 0 aliphatic carbocycles. The van der Waals surface area contributed by atoms with E-state index in [0.29, 0.717) is 12.0 Å². The molecule has 1 aromatic rings. The summed E-state index contributed by atoms with van der Waals surface area (Å²) in [5, 5.41) is 0. The van der Waals surface area contributed by atoms with Gasteiger partial charge in [0, 0.05) is 44.6 Å². The van der Waals surface area contributed by atoms with Crippen LogP contribution in [-0.4, -0.2) is 53.0 Å². The summed E-state index contributed by atoms with van der Waals surface area (Å²) in [5.74, 6) is 0.857. The smallest absolute Gasteiger partial charge is 0.255 e. The van der Waals surface area contributed by atoms with Crippen molar-refractivity contribution in [3.05, 3.63) is 23.5 Å². The van der Waals surface area contributed by atoms with E-state index in [1.54, 1.807) is 0 Å². The topological polar surface area (TPSA) is 28.5 Å². The van der Waals surface area contributed by atoms with E-state index in [9.17, 15) is 4.79 Å². The number of nitrogens with zero attached hydrogens (tertiary/aromatic N) is 3. The van der Waals surface area contributed by atoms with Gasteiger partial charge in [0.25, 0.3) is 5.91 Å². The summed E-state index contributed by atoms with van der Waals surface area (Å²) in [7, 11) is 4.21. The van der Waals surface area contributed by atoms with Gasteiger partial charge in [0.2, 0.25) is 0 Å². The minimum atomic E-state index is 0.218. The zero-order valence-corrected chi connectivity index (χ0v) is 12.8. The first kappa shape index (κ1) is 13.7. The molecule has 2 bridgehead atoms. The first-order valence-corrected chi connectivity index (χ1v) is 7.67. The Balaban J connectivity index is 1.83. The van der Waals surface area contributed by atoms with Crippen LogP contribution in [0.1, 0.15) is 35.3 Å². The second-order valence-corrected chi connectivity index (χ2v) is 6.53. The van der Waals surface area contributed by atoms with Crippen LogP contribution in [0.15, 0.2) is 12.3 Å². The molecule has 0 radical (unpaired) electrons. The van der Waals surface area contributed by atoms with Crippen LogP contribution < -0.4 is 0 Å². The number of amides is 1. The molecule has 0 unspecified atom stereocenters. The van der Waals surface area contributed by atoms with Crippen LogP contribution in [-0.2, 0) is 7.05 Å². The number of hydrogen-bond acceptors (Lipinski definition) is 2. The molecule has 0 spiro atoms. The van der Waals surface area contributed by atoms with Gasteiger partial charge in [-0.3, -0.25) is 4.79 Å². The number of carbonyl (C=O) groups excluding carboxylic acids is 1. The van der Waals surface area contributed by atoms with E-state index in [0.717, 1.165) is 30.9 Å². The Hall–Kier alpha value is -1.29. The molecule has 2 atom stereocenters. The van der Waals surface area contributed by atoms with Crippen LogP contribution in [0.3, 0.4) is 0 Å². The number of carbonyl (C=O) groups is 1. The number of fused-ring (bicyclic) bond motifs is 3. The van der Waals surface area contributed by atoms with E-state index in [-0.39, 0.29) is 5.91 Å². The van der Waals surface area contributed by atoms with Crippen molar-refractivity contribution in [3.8, 4) is 0 Å². The van der Waals surface area contributed by atoms with Crippen molar-refractivity contribution in [3.63, 3.8) is 0 Å². The molecule has 4 nitrogen and oxygen atoms in total. The molecule has 3 heterocycles. The van der Waals surface area contributed by atoms with Crippen molar-refractivity contribution >= 4 is 5.91 Å². The van der Waals surface area contributed by atoms with Gasteiger partial charge in [0.15, 0.2) is 0 Å². The molecule has 0 saturated carbocycles. The summed E-state index contributed by atoms with van der Waals surface area (Å²) in [6.45, 7) is 4.98. The molecule has 0 aromatic carbocycles. The van der Waals surface area contributed by atoms with Gasteiger partial charge in [-0.05, 0) is 38.8 Å². The third kappa shape index (κ3) is 2.37. The molecule has 110 valence electrons. The number of aryl methyl sites for hydroxylation is 1. The number of rotatable bonds is 1. The van der Waals surface area contributed by atoms with Crippen LogP contribution in [0.5, 0.6) is 0 Å². The number of aromatic nitrogens is 1. The van der Waals surface area contributed by atoms with Gasteiger partial charge >= 0.3 is 0 Å². The summed E-state index contributed by atoms with van der Waals surface area (Å²) < 4.78 is 2.03. The van der Waals surface area contributed by atoms with E-state index in [4.69, 9.17) is 0 Å². The lowest BCUT2D eigenvalue weighted by Crippen LogP contribution is -2.42. The average Bonchev–Trinajstić information content (AvgIpc) is 2.57. The molecule has 1 amide bonds. The third-order valence-electron chi connectivity index (χ3n) is 5.13. The van der Waals surface area contributed by atoms with E-state index in [1.165, 1.54) is 19.3 Å². The average molecular weight is 275 g/mol. The Bertz CT molecular complexity index is 508. The first-order valence-electron chi connectivity index (χ1n) is 7.67. The predicted molar refractivity (Wildman–Crippen MR) is 79.8 cm³/mol. The number of likely N-dealkylation sites (N-methyl/N-ethyl adjacent to an activating group) is 1. The van der Waals surface area contributed by atoms with Gasteiger partial charge < -0.3 is 14.4 Å². The van der Waals surface area contributed by atoms with Gasteiger partial charge in [-0.25, -0.2) is 0 Å². The Morgan fingerprint density at radius 2 is 2.00 bits per heavy atom. The largest absolute Gasteiger partial charge is 0.354 e. The zero-order valence-electron chi connectivity index (χ0n) is 12.8. The molecular formula is C16H25N3O. The molecule has 2 fully saturated rings. The lowest BCUT2D eigenvalue weighted by atomic mass is 9.99. The molecular weight excluding hydrogens is 250 g/mol. The van der Waals surface area contributed by atoms with Crippen molar-refractivity contribution in [2.24, 2.45) is 13.0 Å². The van der Waals surface area contributed by atoms with Crippen LogP contribution in [0, 0.1) is 12.8 Å². The second kappa shape index (κ2) is 5.24. The fourth-order valence-electron chi connectivity index (χ4n) is 3.70. The van der Waals surface area contributed by atoms with E-state index in [1.807, 2.05) is 30.8 Å². The normalized spacial score (nSPS) is 27.4. The monoisotopic (exact) mass is 275 g/mol. The minimum absolute atomic E-state index is 0.218. The van der Waals surface area contributed by atoms with Crippen LogP contribution in [0.25, 0.3) is 0 Å². The van der Waals surface area contributed by atoms with Gasteiger partial charge in [0.1, 0.15) is 0 Å². The standard InChI is InChI=1S/C16H25N3O/c1-12-15(7-8-17(12)2)16(20)19-10-13-5-4-6-14(11-19)18(3)9-13/h7-8,13-14H,4-6,9-11H2,1-3H3/t13-,14-/m0/s1. The number of hydrogen-bond donors (Lipinski definition) is 0. The SMILES string of the molecule is Cc1c(C(=O)N2C[C@H]3CCC[C@@H](C2)N(C)C3)ccn1C. The van der Waals surface area contributed by atoms with Crippen molar-refractivity contribution < 1.29 is 4.79 Å². The maximum Gasteiger partial charge on any atom is 0.255 e. The van der Waals surface area contributed by atoms with Crippen molar-refractivity contribution in [2.75, 3.05) is 26.7 Å². The Labute approximate surface area is 121 Å². The lowest BCUT2D eigenvalue weighted by molar-refractivity contribution is 0.0709. The van der Waals surface area contributed by atoms with Crippen LogP contribution in [0.2, 0.25) is 0 Å². The summed E-state index contributed by atoms with van der Waals surface area (Å²) in [5.41, 5.74) is 1.94. The molecule has 4 heteroatoms. The maximum atomic E-state index is 12.8. The molecule has 3 rings (SSSR count). The van der Waals surface area contributed by atoms with E-state index in [2.05, 4.69) is 16.8 Å². The Morgan fingerprint density at radius 3 is 2.70 bits per heavy atom. The van der Waals surface area contributed by atoms with Gasteiger partial charge in [-0.15, -0.1) is 0 Å². The summed E-state index contributed by atoms with van der Waals surface area (Å²) >= 11 is 0. The van der Waals surface area contributed by atoms with Crippen molar-refractivity contribution in [2.45, 2.75) is 32.2 Å². The van der Waals surface area contributed by atoms with Crippen LogP contribution in [0.4, 0.5) is 0 Å². The molecule has 0 N–H and O–H groups in total. The molecule has 20 heavy (non-hydrogen) atoms. The highest BCUT2D eigenvalue weighted by molar-refractivity contribution is 5.95. The molecule has 2 aliphatic heterocycles. The molecule has 2 aliphatic rings. The summed E-state index contributed by atoms with van der Waals surface area (Å²) in [4.78, 5) is 17.4. The highest BCUT2D eigenvalue weighted by atomic mass is 16.2. The summed E-state index contributed by atoms with van der Waals surface area (Å²) in [6.07, 6.45) is 5.78. The highest BCUT2D eigenvalue weighted by Crippen LogP contribution is 2.27. The molecule has 2 saturated heterocycles. The van der Waals surface area contributed by atoms with Gasteiger partial charge in [0.05, 0.1) is 5.56 Å². The fourth-order valence-corrected chi connectivity index (χ4v) is 3.70. The third-order valence-corrected chi connectivity index (χ3v) is 5.13. The zero-order chi connectivity index (χ0) is 14.3. The van der Waals surface area contributed by atoms with Gasteiger partial charge in [-0.1, -0.05) is 6.42 Å². The second-order valence-electron chi connectivity index (χ2n) is 6.53. The Kier molecular flexibility index (Phi) is 3.59. The maximum absolute atomic E-state index is 12.8. The quantitative estimate of drug-likeness (QED) is 0.783.